The van der Waals surface area contributed by atoms with Gasteiger partial charge in [-0.05, 0) is 42.5 Å². The quantitative estimate of drug-likeness (QED) is 0.790. The molecular weight excluding hydrogens is 360 g/mol. The second kappa shape index (κ2) is 8.40. The van der Waals surface area contributed by atoms with E-state index in [0.29, 0.717) is 26.2 Å². The molecule has 4 heteroatoms. The van der Waals surface area contributed by atoms with Crippen LogP contribution in [0, 0.1) is 0 Å². The lowest BCUT2D eigenvalue weighted by Gasteiger charge is -2.40. The lowest BCUT2D eigenvalue weighted by molar-refractivity contribution is -0.138. The number of aryl methyl sites for hydroxylation is 1. The smallest absolute Gasteiger partial charge is 0.253 e. The van der Waals surface area contributed by atoms with Gasteiger partial charge < -0.3 is 9.80 Å². The van der Waals surface area contributed by atoms with Crippen LogP contribution in [0.5, 0.6) is 0 Å². The number of carbonyl (C=O) groups excluding carboxylic acids is 2. The third kappa shape index (κ3) is 3.81. The highest BCUT2D eigenvalue weighted by Crippen LogP contribution is 2.42. The standard InChI is InChI=1S/C25H30N2O2/c1-2-20-10-12-21(13-11-20)23(28)26-16-18-27(19-17-26)24(29)25(14-6-7-15-25)22-8-4-3-5-9-22/h3-5,8-13H,2,6-7,14-19H2,1H3. The molecule has 0 radical (unpaired) electrons. The molecule has 29 heavy (non-hydrogen) atoms. The first-order valence-electron chi connectivity index (χ1n) is 10.9. The van der Waals surface area contributed by atoms with Crippen molar-refractivity contribution in [2.75, 3.05) is 26.2 Å². The van der Waals surface area contributed by atoms with Crippen molar-refractivity contribution in [3.63, 3.8) is 0 Å². The largest absolute Gasteiger partial charge is 0.338 e. The van der Waals surface area contributed by atoms with E-state index in [9.17, 15) is 9.59 Å². The SMILES string of the molecule is CCc1ccc(C(=O)N2CCN(C(=O)C3(c4ccccc4)CCCC3)CC2)cc1. The molecule has 1 aliphatic heterocycles. The maximum atomic E-state index is 13.6. The van der Waals surface area contributed by atoms with Crippen molar-refractivity contribution in [2.24, 2.45) is 0 Å². The predicted molar refractivity (Wildman–Crippen MR) is 115 cm³/mol. The number of amides is 2. The van der Waals surface area contributed by atoms with Crippen LogP contribution in [0.15, 0.2) is 54.6 Å². The summed E-state index contributed by atoms with van der Waals surface area (Å²) in [5.41, 5.74) is 2.75. The monoisotopic (exact) mass is 390 g/mol. The van der Waals surface area contributed by atoms with Crippen LogP contribution in [0.2, 0.25) is 0 Å². The van der Waals surface area contributed by atoms with Crippen LogP contribution in [0.25, 0.3) is 0 Å². The first-order chi connectivity index (χ1) is 14.1. The molecule has 0 spiro atoms. The van der Waals surface area contributed by atoms with E-state index >= 15 is 0 Å². The van der Waals surface area contributed by atoms with Gasteiger partial charge in [0.1, 0.15) is 0 Å². The van der Waals surface area contributed by atoms with E-state index in [-0.39, 0.29) is 17.2 Å². The number of hydrogen-bond donors (Lipinski definition) is 0. The molecule has 0 aromatic heterocycles. The number of hydrogen-bond acceptors (Lipinski definition) is 2. The number of carbonyl (C=O) groups is 2. The van der Waals surface area contributed by atoms with Crippen molar-refractivity contribution >= 4 is 11.8 Å². The minimum Gasteiger partial charge on any atom is -0.338 e. The molecule has 1 saturated heterocycles. The van der Waals surface area contributed by atoms with Gasteiger partial charge in [-0.3, -0.25) is 9.59 Å². The Bertz CT molecular complexity index is 846. The molecule has 152 valence electrons. The summed E-state index contributed by atoms with van der Waals surface area (Å²) in [5.74, 6) is 0.319. The Balaban J connectivity index is 1.43. The van der Waals surface area contributed by atoms with E-state index < -0.39 is 0 Å². The average Bonchev–Trinajstić information content (AvgIpc) is 3.30. The fraction of sp³-hybridized carbons (Fsp3) is 0.440. The van der Waals surface area contributed by atoms with Gasteiger partial charge in [-0.15, -0.1) is 0 Å². The van der Waals surface area contributed by atoms with E-state index in [4.69, 9.17) is 0 Å². The molecule has 0 bridgehead atoms. The number of piperazine rings is 1. The molecule has 2 aromatic carbocycles. The molecular formula is C25H30N2O2. The zero-order valence-corrected chi connectivity index (χ0v) is 17.3. The number of rotatable bonds is 4. The molecule has 1 heterocycles. The highest BCUT2D eigenvalue weighted by Gasteiger charge is 2.45. The molecule has 2 fully saturated rings. The molecule has 2 aromatic rings. The van der Waals surface area contributed by atoms with E-state index in [0.717, 1.165) is 43.2 Å². The topological polar surface area (TPSA) is 40.6 Å². The van der Waals surface area contributed by atoms with Gasteiger partial charge in [0.15, 0.2) is 0 Å². The van der Waals surface area contributed by atoms with E-state index in [1.807, 2.05) is 52.3 Å². The van der Waals surface area contributed by atoms with Crippen LogP contribution in [0.1, 0.15) is 54.1 Å². The maximum absolute atomic E-state index is 13.6. The Morgan fingerprint density at radius 1 is 0.828 bits per heavy atom. The first-order valence-corrected chi connectivity index (χ1v) is 10.9. The Morgan fingerprint density at radius 2 is 1.41 bits per heavy atom. The molecule has 4 rings (SSSR count). The summed E-state index contributed by atoms with van der Waals surface area (Å²) < 4.78 is 0. The number of benzene rings is 2. The van der Waals surface area contributed by atoms with Crippen molar-refractivity contribution in [1.29, 1.82) is 0 Å². The molecule has 2 amide bonds. The van der Waals surface area contributed by atoms with Gasteiger partial charge in [0.25, 0.3) is 5.91 Å². The third-order valence-electron chi connectivity index (χ3n) is 6.66. The second-order valence-electron chi connectivity index (χ2n) is 8.29. The Labute approximate surface area is 173 Å². The van der Waals surface area contributed by atoms with Crippen LogP contribution in [0.4, 0.5) is 0 Å². The van der Waals surface area contributed by atoms with Crippen LogP contribution in [-0.2, 0) is 16.6 Å². The van der Waals surface area contributed by atoms with Gasteiger partial charge in [-0.2, -0.15) is 0 Å². The van der Waals surface area contributed by atoms with Crippen LogP contribution >= 0.6 is 0 Å². The Kier molecular flexibility index (Phi) is 5.70. The highest BCUT2D eigenvalue weighted by atomic mass is 16.2. The summed E-state index contributed by atoms with van der Waals surface area (Å²) in [7, 11) is 0. The van der Waals surface area contributed by atoms with Crippen molar-refractivity contribution in [3.8, 4) is 0 Å². The Hall–Kier alpha value is -2.62. The lowest BCUT2D eigenvalue weighted by atomic mass is 9.77. The molecule has 0 N–H and O–H groups in total. The molecule has 0 unspecified atom stereocenters. The van der Waals surface area contributed by atoms with Gasteiger partial charge in [0.05, 0.1) is 5.41 Å². The summed E-state index contributed by atoms with van der Waals surface area (Å²) in [6, 6.07) is 18.2. The highest BCUT2D eigenvalue weighted by molar-refractivity contribution is 5.94. The fourth-order valence-corrected chi connectivity index (χ4v) is 4.84. The van der Waals surface area contributed by atoms with Crippen molar-refractivity contribution in [1.82, 2.24) is 9.80 Å². The van der Waals surface area contributed by atoms with Crippen molar-refractivity contribution in [3.05, 3.63) is 71.3 Å². The van der Waals surface area contributed by atoms with Gasteiger partial charge >= 0.3 is 0 Å². The van der Waals surface area contributed by atoms with Crippen molar-refractivity contribution < 1.29 is 9.59 Å². The molecule has 0 atom stereocenters. The minimum absolute atomic E-state index is 0.0680. The lowest BCUT2D eigenvalue weighted by Crippen LogP contribution is -2.55. The molecule has 4 nitrogen and oxygen atoms in total. The Morgan fingerprint density at radius 3 is 2.00 bits per heavy atom. The summed E-state index contributed by atoms with van der Waals surface area (Å²) in [6.07, 6.45) is 5.04. The van der Waals surface area contributed by atoms with Crippen LogP contribution < -0.4 is 0 Å². The fourth-order valence-electron chi connectivity index (χ4n) is 4.84. The van der Waals surface area contributed by atoms with Gasteiger partial charge in [0, 0.05) is 31.7 Å². The van der Waals surface area contributed by atoms with Crippen LogP contribution in [0.3, 0.4) is 0 Å². The van der Waals surface area contributed by atoms with Crippen molar-refractivity contribution in [2.45, 2.75) is 44.4 Å². The number of nitrogens with zero attached hydrogens (tertiary/aromatic N) is 2. The third-order valence-corrected chi connectivity index (χ3v) is 6.66. The van der Waals surface area contributed by atoms with E-state index in [1.54, 1.807) is 0 Å². The van der Waals surface area contributed by atoms with Gasteiger partial charge in [0.2, 0.25) is 5.91 Å². The van der Waals surface area contributed by atoms with Gasteiger partial charge in [-0.25, -0.2) is 0 Å². The summed E-state index contributed by atoms with van der Waals surface area (Å²) in [5, 5.41) is 0. The first kappa shape index (κ1) is 19.7. The van der Waals surface area contributed by atoms with E-state index in [2.05, 4.69) is 19.1 Å². The van der Waals surface area contributed by atoms with Crippen LogP contribution in [-0.4, -0.2) is 47.8 Å². The minimum atomic E-state index is -0.372. The summed E-state index contributed by atoms with van der Waals surface area (Å²) in [4.78, 5) is 30.3. The molecule has 1 saturated carbocycles. The zero-order chi connectivity index (χ0) is 20.3. The summed E-state index contributed by atoms with van der Waals surface area (Å²) in [6.45, 7) is 4.55. The average molecular weight is 391 g/mol. The summed E-state index contributed by atoms with van der Waals surface area (Å²) >= 11 is 0. The zero-order valence-electron chi connectivity index (χ0n) is 17.3. The van der Waals surface area contributed by atoms with Gasteiger partial charge in [-0.1, -0.05) is 62.2 Å². The predicted octanol–water partition coefficient (Wildman–Crippen LogP) is 4.05. The normalized spacial score (nSPS) is 18.7. The molecule has 2 aliphatic rings. The van der Waals surface area contributed by atoms with E-state index in [1.165, 1.54) is 5.56 Å². The second-order valence-corrected chi connectivity index (χ2v) is 8.29. The maximum Gasteiger partial charge on any atom is 0.253 e. The molecule has 1 aliphatic carbocycles.